The van der Waals surface area contributed by atoms with Gasteiger partial charge in [-0.1, -0.05) is 26.7 Å². The standard InChI is InChI=1S/C12H22O3/c1-4-10(5-2)8-12(11(13)14)6-7-15-9(12)3/h9-10H,4-8H2,1-3H3,(H,13,14). The molecule has 0 aromatic carbocycles. The second kappa shape index (κ2) is 4.97. The number of carboxylic acid groups (broad SMARTS) is 1. The lowest BCUT2D eigenvalue weighted by Crippen LogP contribution is -2.39. The van der Waals surface area contributed by atoms with Crippen molar-refractivity contribution in [3.05, 3.63) is 0 Å². The van der Waals surface area contributed by atoms with E-state index in [-0.39, 0.29) is 6.10 Å². The van der Waals surface area contributed by atoms with Gasteiger partial charge in [0.25, 0.3) is 0 Å². The molecule has 0 aromatic heterocycles. The van der Waals surface area contributed by atoms with Gasteiger partial charge < -0.3 is 9.84 Å². The summed E-state index contributed by atoms with van der Waals surface area (Å²) in [5, 5.41) is 9.39. The zero-order valence-electron chi connectivity index (χ0n) is 9.95. The Morgan fingerprint density at radius 3 is 2.47 bits per heavy atom. The van der Waals surface area contributed by atoms with Crippen molar-refractivity contribution in [1.29, 1.82) is 0 Å². The van der Waals surface area contributed by atoms with Crippen molar-refractivity contribution in [1.82, 2.24) is 0 Å². The van der Waals surface area contributed by atoms with Gasteiger partial charge in [-0.25, -0.2) is 0 Å². The lowest BCUT2D eigenvalue weighted by molar-refractivity contribution is -0.153. The van der Waals surface area contributed by atoms with Crippen LogP contribution in [0, 0.1) is 11.3 Å². The maximum Gasteiger partial charge on any atom is 0.312 e. The number of hydrogen-bond donors (Lipinski definition) is 1. The number of rotatable bonds is 5. The van der Waals surface area contributed by atoms with Crippen molar-refractivity contribution in [3.8, 4) is 0 Å². The Morgan fingerprint density at radius 2 is 2.13 bits per heavy atom. The van der Waals surface area contributed by atoms with E-state index in [1.54, 1.807) is 0 Å². The van der Waals surface area contributed by atoms with Crippen molar-refractivity contribution in [2.24, 2.45) is 11.3 Å². The molecule has 3 nitrogen and oxygen atoms in total. The van der Waals surface area contributed by atoms with Gasteiger partial charge in [0.1, 0.15) is 0 Å². The summed E-state index contributed by atoms with van der Waals surface area (Å²) < 4.78 is 5.44. The minimum absolute atomic E-state index is 0.143. The Kier molecular flexibility index (Phi) is 4.14. The van der Waals surface area contributed by atoms with E-state index in [2.05, 4.69) is 13.8 Å². The van der Waals surface area contributed by atoms with Crippen molar-refractivity contribution in [2.45, 2.75) is 52.6 Å². The minimum atomic E-state index is -0.681. The maximum absolute atomic E-state index is 11.4. The lowest BCUT2D eigenvalue weighted by atomic mass is 9.73. The Bertz CT molecular complexity index is 223. The molecule has 2 unspecified atom stereocenters. The highest BCUT2D eigenvalue weighted by Gasteiger charge is 2.48. The molecule has 1 heterocycles. The zero-order valence-corrected chi connectivity index (χ0v) is 9.95. The Morgan fingerprint density at radius 1 is 1.53 bits per heavy atom. The fourth-order valence-corrected chi connectivity index (χ4v) is 2.51. The first-order valence-corrected chi connectivity index (χ1v) is 5.91. The van der Waals surface area contributed by atoms with E-state index in [0.29, 0.717) is 18.9 Å². The topological polar surface area (TPSA) is 46.5 Å². The predicted octanol–water partition coefficient (Wildman–Crippen LogP) is 2.69. The molecule has 0 bridgehead atoms. The van der Waals surface area contributed by atoms with E-state index in [1.165, 1.54) is 0 Å². The summed E-state index contributed by atoms with van der Waals surface area (Å²) in [7, 11) is 0. The molecule has 0 saturated carbocycles. The average Bonchev–Trinajstić information content (AvgIpc) is 2.57. The normalized spacial score (nSPS) is 31.1. The van der Waals surface area contributed by atoms with E-state index >= 15 is 0 Å². The summed E-state index contributed by atoms with van der Waals surface area (Å²) in [6.07, 6.45) is 3.39. The summed E-state index contributed by atoms with van der Waals surface area (Å²) in [6.45, 7) is 6.74. The molecule has 0 aliphatic carbocycles. The second-order valence-electron chi connectivity index (χ2n) is 4.61. The summed E-state index contributed by atoms with van der Waals surface area (Å²) in [5.74, 6) is -0.176. The molecule has 0 amide bonds. The van der Waals surface area contributed by atoms with Crippen LogP contribution >= 0.6 is 0 Å². The van der Waals surface area contributed by atoms with Gasteiger partial charge in [0.05, 0.1) is 11.5 Å². The highest BCUT2D eigenvalue weighted by molar-refractivity contribution is 5.75. The Labute approximate surface area is 91.8 Å². The van der Waals surface area contributed by atoms with E-state index in [0.717, 1.165) is 19.3 Å². The van der Waals surface area contributed by atoms with Gasteiger partial charge in [-0.15, -0.1) is 0 Å². The first-order chi connectivity index (χ1) is 7.06. The van der Waals surface area contributed by atoms with Crippen LogP contribution in [0.15, 0.2) is 0 Å². The molecule has 1 rings (SSSR count). The highest BCUT2D eigenvalue weighted by Crippen LogP contribution is 2.42. The van der Waals surface area contributed by atoms with Crippen LogP contribution in [0.4, 0.5) is 0 Å². The van der Waals surface area contributed by atoms with Gasteiger partial charge in [-0.05, 0) is 25.7 Å². The SMILES string of the molecule is CCC(CC)CC1(C(=O)O)CCOC1C. The van der Waals surface area contributed by atoms with Crippen LogP contribution in [0.25, 0.3) is 0 Å². The fraction of sp³-hybridized carbons (Fsp3) is 0.917. The van der Waals surface area contributed by atoms with Crippen molar-refractivity contribution in [3.63, 3.8) is 0 Å². The molecule has 88 valence electrons. The minimum Gasteiger partial charge on any atom is -0.481 e. The van der Waals surface area contributed by atoms with E-state index < -0.39 is 11.4 Å². The van der Waals surface area contributed by atoms with Crippen molar-refractivity contribution >= 4 is 5.97 Å². The third-order valence-corrected chi connectivity index (χ3v) is 3.93. The van der Waals surface area contributed by atoms with Crippen LogP contribution in [0.5, 0.6) is 0 Å². The van der Waals surface area contributed by atoms with Gasteiger partial charge >= 0.3 is 5.97 Å². The number of hydrogen-bond acceptors (Lipinski definition) is 2. The predicted molar refractivity (Wildman–Crippen MR) is 58.8 cm³/mol. The molecule has 1 N–H and O–H groups in total. The Hall–Kier alpha value is -0.570. The monoisotopic (exact) mass is 214 g/mol. The second-order valence-corrected chi connectivity index (χ2v) is 4.61. The van der Waals surface area contributed by atoms with Gasteiger partial charge in [0, 0.05) is 6.61 Å². The van der Waals surface area contributed by atoms with Gasteiger partial charge in [0.15, 0.2) is 0 Å². The maximum atomic E-state index is 11.4. The molecule has 3 heteroatoms. The molecule has 1 aliphatic heterocycles. The largest absolute Gasteiger partial charge is 0.481 e. The molecule has 2 atom stereocenters. The van der Waals surface area contributed by atoms with Crippen LogP contribution in [0.3, 0.4) is 0 Å². The molecule has 1 aliphatic rings. The third kappa shape index (κ3) is 2.33. The van der Waals surface area contributed by atoms with E-state index in [9.17, 15) is 9.90 Å². The molecule has 15 heavy (non-hydrogen) atoms. The Balaban J connectivity index is 2.78. The number of aliphatic carboxylic acids is 1. The van der Waals surface area contributed by atoms with E-state index in [4.69, 9.17) is 4.74 Å². The number of ether oxygens (including phenoxy) is 1. The number of carbonyl (C=O) groups is 1. The lowest BCUT2D eigenvalue weighted by Gasteiger charge is -2.30. The van der Waals surface area contributed by atoms with Crippen molar-refractivity contribution < 1.29 is 14.6 Å². The fourth-order valence-electron chi connectivity index (χ4n) is 2.51. The molecule has 0 radical (unpaired) electrons. The van der Waals surface area contributed by atoms with Crippen LogP contribution in [-0.4, -0.2) is 23.8 Å². The van der Waals surface area contributed by atoms with Gasteiger partial charge in [0.2, 0.25) is 0 Å². The highest BCUT2D eigenvalue weighted by atomic mass is 16.5. The smallest absolute Gasteiger partial charge is 0.312 e. The number of carboxylic acids is 1. The summed E-state index contributed by atoms with van der Waals surface area (Å²) >= 11 is 0. The molecule has 1 saturated heterocycles. The summed E-state index contributed by atoms with van der Waals surface area (Å²) in [5.41, 5.74) is -0.628. The summed E-state index contributed by atoms with van der Waals surface area (Å²) in [4.78, 5) is 11.4. The third-order valence-electron chi connectivity index (χ3n) is 3.93. The molecular weight excluding hydrogens is 192 g/mol. The molecular formula is C12H22O3. The molecule has 1 fully saturated rings. The van der Waals surface area contributed by atoms with Crippen molar-refractivity contribution in [2.75, 3.05) is 6.61 Å². The zero-order chi connectivity index (χ0) is 11.5. The van der Waals surface area contributed by atoms with E-state index in [1.807, 2.05) is 6.92 Å². The van der Waals surface area contributed by atoms with Gasteiger partial charge in [-0.3, -0.25) is 4.79 Å². The van der Waals surface area contributed by atoms with Crippen LogP contribution in [0.1, 0.15) is 46.5 Å². The van der Waals surface area contributed by atoms with Crippen LogP contribution < -0.4 is 0 Å². The average molecular weight is 214 g/mol. The molecule has 0 aromatic rings. The summed E-state index contributed by atoms with van der Waals surface area (Å²) in [6, 6.07) is 0. The van der Waals surface area contributed by atoms with Crippen LogP contribution in [0.2, 0.25) is 0 Å². The first kappa shape index (κ1) is 12.5. The van der Waals surface area contributed by atoms with Crippen LogP contribution in [-0.2, 0) is 9.53 Å². The molecule has 0 spiro atoms. The first-order valence-electron chi connectivity index (χ1n) is 5.91. The van der Waals surface area contributed by atoms with Gasteiger partial charge in [-0.2, -0.15) is 0 Å². The quantitative estimate of drug-likeness (QED) is 0.765.